The third kappa shape index (κ3) is 2.87. The van der Waals surface area contributed by atoms with Crippen LogP contribution < -0.4 is 14.8 Å². The number of methoxy groups -OCH3 is 1. The van der Waals surface area contributed by atoms with Gasteiger partial charge in [0, 0.05) is 0 Å². The van der Waals surface area contributed by atoms with Crippen LogP contribution in [-0.2, 0) is 4.79 Å². The van der Waals surface area contributed by atoms with Crippen molar-refractivity contribution in [2.24, 2.45) is 0 Å². The van der Waals surface area contributed by atoms with Crippen LogP contribution in [0.15, 0.2) is 30.0 Å². The fourth-order valence-corrected chi connectivity index (χ4v) is 2.44. The number of nitrogens with one attached hydrogen (secondary N) is 1. The average Bonchev–Trinajstić information content (AvgIpc) is 3.02. The van der Waals surface area contributed by atoms with Gasteiger partial charge >= 0.3 is 5.97 Å². The fraction of sp³-hybridized carbons (Fsp3) is 0.333. The minimum Gasteiger partial charge on any atom is -0.493 e. The molecule has 1 aliphatic heterocycles. The Balaban J connectivity index is 2.03. The van der Waals surface area contributed by atoms with Gasteiger partial charge in [0.15, 0.2) is 11.5 Å². The highest BCUT2D eigenvalue weighted by atomic mass is 16.5. The minimum atomic E-state index is -1.08. The average molecular weight is 331 g/mol. The molecule has 0 unspecified atom stereocenters. The van der Waals surface area contributed by atoms with Crippen molar-refractivity contribution < 1.29 is 19.4 Å². The number of hydrogen-bond acceptors (Lipinski definition) is 7. The molecule has 0 spiro atoms. The van der Waals surface area contributed by atoms with Crippen molar-refractivity contribution >= 4 is 11.9 Å². The van der Waals surface area contributed by atoms with E-state index in [1.165, 1.54) is 4.68 Å². The molecule has 0 amide bonds. The standard InChI is InChI=1S/C15H17N5O4/c1-8(2)24-12-5-4-9(6-13(12)23-3)11-7-10(14(21)22)16-15-17-18-19-20(11)15/h4-8,11H,1-3H3,(H,21,22)(H,16,17,19)/t11-/m0/s1. The maximum atomic E-state index is 11.3. The van der Waals surface area contributed by atoms with Crippen LogP contribution in [0.2, 0.25) is 0 Å². The molecule has 2 heterocycles. The number of anilines is 1. The van der Waals surface area contributed by atoms with Gasteiger partial charge in [-0.15, -0.1) is 0 Å². The first-order valence-corrected chi connectivity index (χ1v) is 7.34. The van der Waals surface area contributed by atoms with Gasteiger partial charge < -0.3 is 19.9 Å². The smallest absolute Gasteiger partial charge is 0.352 e. The molecule has 1 aromatic carbocycles. The lowest BCUT2D eigenvalue weighted by Gasteiger charge is -2.22. The van der Waals surface area contributed by atoms with Crippen LogP contribution in [0.1, 0.15) is 25.5 Å². The van der Waals surface area contributed by atoms with Crippen LogP contribution in [0.3, 0.4) is 0 Å². The lowest BCUT2D eigenvalue weighted by Crippen LogP contribution is -2.24. The number of benzene rings is 1. The first kappa shape index (κ1) is 15.8. The van der Waals surface area contributed by atoms with Gasteiger partial charge in [-0.25, -0.2) is 4.79 Å². The molecule has 0 aliphatic carbocycles. The van der Waals surface area contributed by atoms with Crippen molar-refractivity contribution in [3.8, 4) is 11.5 Å². The summed E-state index contributed by atoms with van der Waals surface area (Å²) in [5.41, 5.74) is 0.792. The molecule has 0 bridgehead atoms. The second-order valence-electron chi connectivity index (χ2n) is 5.48. The first-order chi connectivity index (χ1) is 11.5. The van der Waals surface area contributed by atoms with Gasteiger partial charge in [0.2, 0.25) is 5.95 Å². The number of fused-ring (bicyclic) bond motifs is 1. The van der Waals surface area contributed by atoms with Crippen molar-refractivity contribution in [1.29, 1.82) is 0 Å². The number of aromatic nitrogens is 4. The summed E-state index contributed by atoms with van der Waals surface area (Å²) in [6, 6.07) is 4.94. The van der Waals surface area contributed by atoms with Crippen molar-refractivity contribution in [3.63, 3.8) is 0 Å². The topological polar surface area (TPSA) is 111 Å². The SMILES string of the molecule is COc1cc([C@@H]2C=C(C(=O)O)Nc3nnnn32)ccc1OC(C)C. The van der Waals surface area contributed by atoms with Gasteiger partial charge in [0.05, 0.1) is 13.2 Å². The number of carboxylic acid groups (broad SMARTS) is 1. The Morgan fingerprint density at radius 3 is 2.83 bits per heavy atom. The van der Waals surface area contributed by atoms with Crippen molar-refractivity contribution in [2.45, 2.75) is 26.0 Å². The van der Waals surface area contributed by atoms with E-state index in [2.05, 4.69) is 20.8 Å². The Hall–Kier alpha value is -3.10. The van der Waals surface area contributed by atoms with E-state index in [1.807, 2.05) is 19.9 Å². The van der Waals surface area contributed by atoms with E-state index in [0.717, 1.165) is 5.56 Å². The second kappa shape index (κ2) is 6.19. The number of tetrazole rings is 1. The van der Waals surface area contributed by atoms with Gasteiger partial charge in [0.1, 0.15) is 11.7 Å². The molecule has 2 aromatic rings. The molecule has 0 radical (unpaired) electrons. The van der Waals surface area contributed by atoms with Crippen LogP contribution in [0.4, 0.5) is 5.95 Å². The highest BCUT2D eigenvalue weighted by Crippen LogP contribution is 2.34. The lowest BCUT2D eigenvalue weighted by molar-refractivity contribution is -0.132. The Labute approximate surface area is 137 Å². The van der Waals surface area contributed by atoms with Gasteiger partial charge in [-0.1, -0.05) is 11.2 Å². The van der Waals surface area contributed by atoms with Crippen molar-refractivity contribution in [3.05, 3.63) is 35.5 Å². The van der Waals surface area contributed by atoms with Crippen LogP contribution in [0, 0.1) is 0 Å². The number of nitrogens with zero attached hydrogens (tertiary/aromatic N) is 4. The number of carboxylic acids is 1. The molecule has 1 aromatic heterocycles. The molecular formula is C15H17N5O4. The van der Waals surface area contributed by atoms with Crippen LogP contribution in [-0.4, -0.2) is 44.5 Å². The van der Waals surface area contributed by atoms with Crippen molar-refractivity contribution in [2.75, 3.05) is 12.4 Å². The zero-order valence-corrected chi connectivity index (χ0v) is 13.4. The van der Waals surface area contributed by atoms with E-state index in [9.17, 15) is 9.90 Å². The van der Waals surface area contributed by atoms with Crippen LogP contribution >= 0.6 is 0 Å². The van der Waals surface area contributed by atoms with Crippen LogP contribution in [0.5, 0.6) is 11.5 Å². The molecule has 0 saturated carbocycles. The highest BCUT2D eigenvalue weighted by Gasteiger charge is 2.27. The van der Waals surface area contributed by atoms with E-state index in [-0.39, 0.29) is 17.7 Å². The zero-order valence-electron chi connectivity index (χ0n) is 13.4. The summed E-state index contributed by atoms with van der Waals surface area (Å²) < 4.78 is 12.6. The van der Waals surface area contributed by atoms with Gasteiger partial charge in [-0.2, -0.15) is 4.68 Å². The van der Waals surface area contributed by atoms with Crippen LogP contribution in [0.25, 0.3) is 0 Å². The largest absolute Gasteiger partial charge is 0.493 e. The van der Waals surface area contributed by atoms with Crippen molar-refractivity contribution in [1.82, 2.24) is 20.2 Å². The first-order valence-electron chi connectivity index (χ1n) is 7.34. The quantitative estimate of drug-likeness (QED) is 0.847. The Morgan fingerprint density at radius 2 is 2.17 bits per heavy atom. The molecule has 126 valence electrons. The van der Waals surface area contributed by atoms with Gasteiger partial charge in [0.25, 0.3) is 0 Å². The number of ether oxygens (including phenoxy) is 2. The maximum absolute atomic E-state index is 11.3. The zero-order chi connectivity index (χ0) is 17.3. The lowest BCUT2D eigenvalue weighted by atomic mass is 10.0. The third-order valence-electron chi connectivity index (χ3n) is 3.45. The maximum Gasteiger partial charge on any atom is 0.352 e. The van der Waals surface area contributed by atoms with E-state index < -0.39 is 12.0 Å². The number of hydrogen-bond donors (Lipinski definition) is 2. The minimum absolute atomic E-state index is 0.00765. The molecule has 0 saturated heterocycles. The summed E-state index contributed by atoms with van der Waals surface area (Å²) in [6.45, 7) is 3.85. The summed E-state index contributed by atoms with van der Waals surface area (Å²) in [5, 5.41) is 23.2. The molecule has 3 rings (SSSR count). The monoisotopic (exact) mass is 331 g/mol. The Kier molecular flexibility index (Phi) is 4.07. The number of allylic oxidation sites excluding steroid dienone is 1. The number of carbonyl (C=O) groups is 1. The predicted molar refractivity (Wildman–Crippen MR) is 84.1 cm³/mol. The summed E-state index contributed by atoms with van der Waals surface area (Å²) in [6.07, 6.45) is 1.55. The summed E-state index contributed by atoms with van der Waals surface area (Å²) in [4.78, 5) is 11.3. The number of aliphatic carboxylic acids is 1. The molecule has 0 fully saturated rings. The van der Waals surface area contributed by atoms with E-state index in [0.29, 0.717) is 11.5 Å². The molecule has 2 N–H and O–H groups in total. The summed E-state index contributed by atoms with van der Waals surface area (Å²) in [7, 11) is 1.55. The molecular weight excluding hydrogens is 314 g/mol. The van der Waals surface area contributed by atoms with E-state index in [4.69, 9.17) is 9.47 Å². The highest BCUT2D eigenvalue weighted by molar-refractivity contribution is 5.90. The Morgan fingerprint density at radius 1 is 1.38 bits per heavy atom. The fourth-order valence-electron chi connectivity index (χ4n) is 2.44. The Bertz CT molecular complexity index is 799. The third-order valence-corrected chi connectivity index (χ3v) is 3.45. The number of rotatable bonds is 5. The second-order valence-corrected chi connectivity index (χ2v) is 5.48. The van der Waals surface area contributed by atoms with E-state index in [1.54, 1.807) is 25.3 Å². The molecule has 1 aliphatic rings. The molecule has 24 heavy (non-hydrogen) atoms. The molecule has 1 atom stereocenters. The van der Waals surface area contributed by atoms with Gasteiger partial charge in [-0.3, -0.25) is 0 Å². The molecule has 9 nitrogen and oxygen atoms in total. The predicted octanol–water partition coefficient (Wildman–Crippen LogP) is 1.45. The summed E-state index contributed by atoms with van der Waals surface area (Å²) in [5.74, 6) is 0.353. The normalized spacial score (nSPS) is 16.2. The summed E-state index contributed by atoms with van der Waals surface area (Å²) >= 11 is 0. The van der Waals surface area contributed by atoms with E-state index >= 15 is 0 Å². The molecule has 9 heteroatoms. The van der Waals surface area contributed by atoms with Gasteiger partial charge in [-0.05, 0) is 48.0 Å².